The van der Waals surface area contributed by atoms with E-state index >= 15 is 0 Å². The van der Waals surface area contributed by atoms with Gasteiger partial charge in [0, 0.05) is 5.41 Å². The standard InChI is InChI=1S/C14H27N3OS/c1-7-8-15-11(9-18-10(2)3)12-13(14(4,5)6)16-17-19-12/h10-11,15H,7-9H2,1-6H3. The van der Waals surface area contributed by atoms with Crippen molar-refractivity contribution < 1.29 is 4.74 Å². The van der Waals surface area contributed by atoms with Crippen molar-refractivity contribution in [1.29, 1.82) is 0 Å². The molecular formula is C14H27N3OS. The lowest BCUT2D eigenvalue weighted by molar-refractivity contribution is 0.0614. The highest BCUT2D eigenvalue weighted by Crippen LogP contribution is 2.30. The van der Waals surface area contributed by atoms with Gasteiger partial charge in [-0.1, -0.05) is 32.2 Å². The zero-order chi connectivity index (χ0) is 14.5. The zero-order valence-electron chi connectivity index (χ0n) is 13.0. The van der Waals surface area contributed by atoms with Crippen molar-refractivity contribution >= 4 is 11.5 Å². The number of rotatable bonds is 7. The van der Waals surface area contributed by atoms with Crippen molar-refractivity contribution in [2.75, 3.05) is 13.2 Å². The van der Waals surface area contributed by atoms with Gasteiger partial charge < -0.3 is 10.1 Å². The number of ether oxygens (including phenoxy) is 1. The van der Waals surface area contributed by atoms with Gasteiger partial charge in [-0.3, -0.25) is 0 Å². The van der Waals surface area contributed by atoms with Crippen LogP contribution < -0.4 is 5.32 Å². The van der Waals surface area contributed by atoms with Crippen LogP contribution in [0.1, 0.15) is 64.6 Å². The Morgan fingerprint density at radius 2 is 2.00 bits per heavy atom. The van der Waals surface area contributed by atoms with Gasteiger partial charge in [0.25, 0.3) is 0 Å². The molecule has 1 aromatic rings. The van der Waals surface area contributed by atoms with Crippen molar-refractivity contribution in [3.05, 3.63) is 10.6 Å². The fourth-order valence-electron chi connectivity index (χ4n) is 1.78. The van der Waals surface area contributed by atoms with E-state index < -0.39 is 0 Å². The molecule has 1 heterocycles. The molecule has 0 bridgehead atoms. The van der Waals surface area contributed by atoms with Crippen LogP contribution in [-0.2, 0) is 10.2 Å². The van der Waals surface area contributed by atoms with E-state index in [4.69, 9.17) is 4.74 Å². The van der Waals surface area contributed by atoms with E-state index in [1.807, 2.05) is 0 Å². The largest absolute Gasteiger partial charge is 0.377 e. The summed E-state index contributed by atoms with van der Waals surface area (Å²) in [5, 5.41) is 7.86. The third-order valence-corrected chi connectivity index (χ3v) is 3.62. The third kappa shape index (κ3) is 5.16. The number of nitrogens with one attached hydrogen (secondary N) is 1. The minimum absolute atomic E-state index is 0.0201. The predicted molar refractivity (Wildman–Crippen MR) is 80.7 cm³/mol. The summed E-state index contributed by atoms with van der Waals surface area (Å²) in [6.07, 6.45) is 1.35. The molecule has 0 fully saturated rings. The van der Waals surface area contributed by atoms with Gasteiger partial charge in [-0.15, -0.1) is 5.10 Å². The van der Waals surface area contributed by atoms with Gasteiger partial charge >= 0.3 is 0 Å². The highest BCUT2D eigenvalue weighted by atomic mass is 32.1. The van der Waals surface area contributed by atoms with Crippen LogP contribution in [0.25, 0.3) is 0 Å². The molecule has 0 aliphatic heterocycles. The number of hydrogen-bond donors (Lipinski definition) is 1. The van der Waals surface area contributed by atoms with Crippen molar-refractivity contribution in [3.63, 3.8) is 0 Å². The molecule has 0 saturated carbocycles. The Kier molecular flexibility index (Phi) is 6.36. The second-order valence-corrected chi connectivity index (χ2v) is 6.91. The first-order valence-electron chi connectivity index (χ1n) is 7.04. The van der Waals surface area contributed by atoms with Gasteiger partial charge in [-0.2, -0.15) is 0 Å². The summed E-state index contributed by atoms with van der Waals surface area (Å²) in [5.74, 6) is 0. The van der Waals surface area contributed by atoms with E-state index in [2.05, 4.69) is 56.4 Å². The smallest absolute Gasteiger partial charge is 0.0857 e. The van der Waals surface area contributed by atoms with Crippen molar-refractivity contribution in [2.24, 2.45) is 0 Å². The lowest BCUT2D eigenvalue weighted by Gasteiger charge is -2.23. The van der Waals surface area contributed by atoms with Crippen molar-refractivity contribution in [3.8, 4) is 0 Å². The molecule has 0 amide bonds. The Hall–Kier alpha value is -0.520. The third-order valence-electron chi connectivity index (χ3n) is 2.78. The second-order valence-electron chi connectivity index (χ2n) is 6.12. The molecule has 110 valence electrons. The fraction of sp³-hybridized carbons (Fsp3) is 0.857. The zero-order valence-corrected chi connectivity index (χ0v) is 13.8. The molecule has 0 aliphatic carbocycles. The molecule has 0 aliphatic rings. The average Bonchev–Trinajstić information content (AvgIpc) is 2.77. The monoisotopic (exact) mass is 285 g/mol. The summed E-state index contributed by atoms with van der Waals surface area (Å²) in [7, 11) is 0. The molecule has 0 radical (unpaired) electrons. The lowest BCUT2D eigenvalue weighted by Crippen LogP contribution is -2.29. The summed E-state index contributed by atoms with van der Waals surface area (Å²) >= 11 is 1.48. The Balaban J connectivity index is 2.87. The van der Waals surface area contributed by atoms with Gasteiger partial charge in [0.1, 0.15) is 0 Å². The van der Waals surface area contributed by atoms with Crippen LogP contribution in [0, 0.1) is 0 Å². The second kappa shape index (κ2) is 7.31. The number of hydrogen-bond acceptors (Lipinski definition) is 5. The maximum atomic E-state index is 5.78. The molecule has 1 rings (SSSR count). The quantitative estimate of drug-likeness (QED) is 0.835. The van der Waals surface area contributed by atoms with Crippen molar-refractivity contribution in [1.82, 2.24) is 14.9 Å². The number of aromatic nitrogens is 2. The number of nitrogens with zero attached hydrogens (tertiary/aromatic N) is 2. The first-order chi connectivity index (χ1) is 8.86. The van der Waals surface area contributed by atoms with E-state index in [1.54, 1.807) is 0 Å². The summed E-state index contributed by atoms with van der Waals surface area (Å²) in [5.41, 5.74) is 1.10. The summed E-state index contributed by atoms with van der Waals surface area (Å²) < 4.78 is 9.92. The molecule has 1 N–H and O–H groups in total. The van der Waals surface area contributed by atoms with E-state index in [0.29, 0.717) is 6.61 Å². The van der Waals surface area contributed by atoms with Gasteiger partial charge in [-0.05, 0) is 38.3 Å². The first kappa shape index (κ1) is 16.5. The highest BCUT2D eigenvalue weighted by Gasteiger charge is 2.27. The predicted octanol–water partition coefficient (Wildman–Crippen LogP) is 3.30. The first-order valence-corrected chi connectivity index (χ1v) is 7.81. The Labute approximate surface area is 121 Å². The van der Waals surface area contributed by atoms with Crippen LogP contribution in [0.2, 0.25) is 0 Å². The Bertz CT molecular complexity index is 371. The SMILES string of the molecule is CCCNC(COC(C)C)c1snnc1C(C)(C)C. The summed E-state index contributed by atoms with van der Waals surface area (Å²) in [4.78, 5) is 1.21. The maximum absolute atomic E-state index is 5.78. The van der Waals surface area contributed by atoms with Gasteiger partial charge in [0.05, 0.1) is 29.3 Å². The average molecular weight is 285 g/mol. The molecule has 0 aromatic carbocycles. The molecule has 1 unspecified atom stereocenters. The van der Waals surface area contributed by atoms with Gasteiger partial charge in [0.2, 0.25) is 0 Å². The Morgan fingerprint density at radius 3 is 2.53 bits per heavy atom. The van der Waals surface area contributed by atoms with E-state index in [1.165, 1.54) is 16.4 Å². The molecule has 1 atom stereocenters. The molecular weight excluding hydrogens is 258 g/mol. The Morgan fingerprint density at radius 1 is 1.32 bits per heavy atom. The van der Waals surface area contributed by atoms with E-state index in [-0.39, 0.29) is 17.6 Å². The summed E-state index contributed by atoms with van der Waals surface area (Å²) in [6.45, 7) is 14.5. The molecule has 5 heteroatoms. The van der Waals surface area contributed by atoms with Crippen molar-refractivity contribution in [2.45, 2.75) is 65.5 Å². The lowest BCUT2D eigenvalue weighted by atomic mass is 9.90. The highest BCUT2D eigenvalue weighted by molar-refractivity contribution is 7.05. The minimum atomic E-state index is 0.0201. The fourth-order valence-corrected chi connectivity index (χ4v) is 2.70. The van der Waals surface area contributed by atoms with E-state index in [9.17, 15) is 0 Å². The molecule has 0 saturated heterocycles. The molecule has 19 heavy (non-hydrogen) atoms. The normalized spacial score (nSPS) is 14.1. The van der Waals surface area contributed by atoms with Crippen LogP contribution in [0.4, 0.5) is 0 Å². The van der Waals surface area contributed by atoms with Crippen LogP contribution >= 0.6 is 11.5 Å². The van der Waals surface area contributed by atoms with E-state index in [0.717, 1.165) is 18.7 Å². The van der Waals surface area contributed by atoms with Crippen LogP contribution in [0.5, 0.6) is 0 Å². The van der Waals surface area contributed by atoms with Crippen LogP contribution in [0.3, 0.4) is 0 Å². The maximum Gasteiger partial charge on any atom is 0.0857 e. The topological polar surface area (TPSA) is 47.0 Å². The molecule has 1 aromatic heterocycles. The summed E-state index contributed by atoms with van der Waals surface area (Å²) in [6, 6.07) is 0.191. The van der Waals surface area contributed by atoms with Gasteiger partial charge in [-0.25, -0.2) is 0 Å². The van der Waals surface area contributed by atoms with Crippen LogP contribution in [0.15, 0.2) is 0 Å². The molecule has 0 spiro atoms. The molecule has 4 nitrogen and oxygen atoms in total. The van der Waals surface area contributed by atoms with Crippen LogP contribution in [-0.4, -0.2) is 28.8 Å². The van der Waals surface area contributed by atoms with Gasteiger partial charge in [0.15, 0.2) is 0 Å². The minimum Gasteiger partial charge on any atom is -0.377 e.